The van der Waals surface area contributed by atoms with Crippen LogP contribution < -0.4 is 15.4 Å². The number of nitrogens with one attached hydrogen (secondary N) is 3. The fourth-order valence-electron chi connectivity index (χ4n) is 1.94. The van der Waals surface area contributed by atoms with E-state index < -0.39 is 6.04 Å². The van der Waals surface area contributed by atoms with E-state index in [1.165, 1.54) is 11.9 Å². The van der Waals surface area contributed by atoms with Crippen molar-refractivity contribution < 1.29 is 14.4 Å². The molecule has 132 valence electrons. The average Bonchev–Trinajstić information content (AvgIpc) is 2.57. The summed E-state index contributed by atoms with van der Waals surface area (Å²) >= 11 is 1.33. The molecule has 0 bridgehead atoms. The van der Waals surface area contributed by atoms with Crippen molar-refractivity contribution in [2.24, 2.45) is 5.92 Å². The first-order chi connectivity index (χ1) is 11.4. The standard InChI is InChI=1S/C17H25N3O3S/c1-12(2)15(21)10-18-17(23)14(20-16(22)11-19-24-3)9-13-7-5-4-6-8-13/h4-8,12,14,19H,9-11H2,1-3H3,(H,18,23)(H,20,22)/t14-/m0/s1. The molecular formula is C17H25N3O3S. The maximum Gasteiger partial charge on any atom is 0.243 e. The second kappa shape index (κ2) is 10.8. The van der Waals surface area contributed by atoms with Gasteiger partial charge in [0.2, 0.25) is 11.8 Å². The fraction of sp³-hybridized carbons (Fsp3) is 0.471. The highest BCUT2D eigenvalue weighted by Gasteiger charge is 2.22. The van der Waals surface area contributed by atoms with Crippen molar-refractivity contribution in [1.29, 1.82) is 0 Å². The van der Waals surface area contributed by atoms with Crippen molar-refractivity contribution in [2.75, 3.05) is 19.3 Å². The zero-order chi connectivity index (χ0) is 17.9. The second-order valence-corrected chi connectivity index (χ2v) is 6.37. The number of ketones is 1. The highest BCUT2D eigenvalue weighted by Crippen LogP contribution is 2.04. The predicted molar refractivity (Wildman–Crippen MR) is 96.4 cm³/mol. The van der Waals surface area contributed by atoms with Crippen molar-refractivity contribution >= 4 is 29.5 Å². The summed E-state index contributed by atoms with van der Waals surface area (Å²) in [5.74, 6) is -0.809. The van der Waals surface area contributed by atoms with Crippen molar-refractivity contribution in [3.05, 3.63) is 35.9 Å². The number of carbonyl (C=O) groups excluding carboxylic acids is 3. The normalized spacial score (nSPS) is 11.8. The summed E-state index contributed by atoms with van der Waals surface area (Å²) in [6, 6.07) is 8.72. The lowest BCUT2D eigenvalue weighted by molar-refractivity contribution is -0.130. The van der Waals surface area contributed by atoms with E-state index in [9.17, 15) is 14.4 Å². The van der Waals surface area contributed by atoms with Crippen LogP contribution in [0.25, 0.3) is 0 Å². The van der Waals surface area contributed by atoms with Crippen LogP contribution in [-0.2, 0) is 20.8 Å². The zero-order valence-corrected chi connectivity index (χ0v) is 15.1. The Kier molecular flexibility index (Phi) is 9.11. The highest BCUT2D eigenvalue weighted by atomic mass is 32.2. The van der Waals surface area contributed by atoms with Crippen LogP contribution in [-0.4, -0.2) is 43.0 Å². The molecule has 0 aliphatic heterocycles. The first-order valence-corrected chi connectivity index (χ1v) is 9.06. The molecule has 0 aliphatic carbocycles. The van der Waals surface area contributed by atoms with E-state index >= 15 is 0 Å². The third-order valence-electron chi connectivity index (χ3n) is 3.39. The van der Waals surface area contributed by atoms with E-state index in [1.54, 1.807) is 13.8 Å². The van der Waals surface area contributed by atoms with E-state index in [-0.39, 0.29) is 36.6 Å². The fourth-order valence-corrected chi connectivity index (χ4v) is 2.22. The van der Waals surface area contributed by atoms with Gasteiger partial charge in [0.15, 0.2) is 5.78 Å². The Morgan fingerprint density at radius 2 is 1.75 bits per heavy atom. The molecule has 6 nitrogen and oxygen atoms in total. The first kappa shape index (κ1) is 20.2. The molecule has 0 aromatic heterocycles. The van der Waals surface area contributed by atoms with Gasteiger partial charge in [0.25, 0.3) is 0 Å². The lowest BCUT2D eigenvalue weighted by atomic mass is 10.0. The number of rotatable bonds is 10. The van der Waals surface area contributed by atoms with Gasteiger partial charge in [0.05, 0.1) is 13.1 Å². The molecule has 0 spiro atoms. The molecule has 0 aliphatic rings. The van der Waals surface area contributed by atoms with Crippen LogP contribution in [0.1, 0.15) is 19.4 Å². The molecule has 1 aromatic rings. The predicted octanol–water partition coefficient (Wildman–Crippen LogP) is 0.923. The van der Waals surface area contributed by atoms with Gasteiger partial charge < -0.3 is 10.6 Å². The number of amides is 2. The SMILES string of the molecule is CSNCC(=O)N[C@@H](Cc1ccccc1)C(=O)NCC(=O)C(C)C. The molecule has 24 heavy (non-hydrogen) atoms. The molecule has 7 heteroatoms. The Morgan fingerprint density at radius 3 is 2.33 bits per heavy atom. The Hall–Kier alpha value is -1.86. The molecule has 0 saturated carbocycles. The van der Waals surface area contributed by atoms with Crippen LogP contribution in [0.15, 0.2) is 30.3 Å². The molecule has 0 heterocycles. The van der Waals surface area contributed by atoms with E-state index in [2.05, 4.69) is 15.4 Å². The molecule has 2 amide bonds. The van der Waals surface area contributed by atoms with Gasteiger partial charge in [-0.3, -0.25) is 19.1 Å². The van der Waals surface area contributed by atoms with Crippen LogP contribution in [0.2, 0.25) is 0 Å². The topological polar surface area (TPSA) is 87.3 Å². The van der Waals surface area contributed by atoms with Crippen molar-refractivity contribution in [3.8, 4) is 0 Å². The van der Waals surface area contributed by atoms with Gasteiger partial charge in [0, 0.05) is 12.3 Å². The van der Waals surface area contributed by atoms with Gasteiger partial charge in [-0.15, -0.1) is 0 Å². The third-order valence-corrected chi connectivity index (χ3v) is 3.83. The Morgan fingerprint density at radius 1 is 1.08 bits per heavy atom. The van der Waals surface area contributed by atoms with Gasteiger partial charge in [0.1, 0.15) is 6.04 Å². The largest absolute Gasteiger partial charge is 0.347 e. The summed E-state index contributed by atoms with van der Waals surface area (Å²) < 4.78 is 2.84. The van der Waals surface area contributed by atoms with Crippen LogP contribution >= 0.6 is 11.9 Å². The molecule has 0 unspecified atom stereocenters. The molecule has 3 N–H and O–H groups in total. The molecule has 1 aromatic carbocycles. The Bertz CT molecular complexity index is 549. The number of carbonyl (C=O) groups is 3. The number of hydrogen-bond donors (Lipinski definition) is 3. The summed E-state index contributed by atoms with van der Waals surface area (Å²) in [6.07, 6.45) is 2.19. The van der Waals surface area contributed by atoms with Gasteiger partial charge >= 0.3 is 0 Å². The summed E-state index contributed by atoms with van der Waals surface area (Å²) in [5, 5.41) is 5.33. The molecule has 1 rings (SSSR count). The van der Waals surface area contributed by atoms with Crippen LogP contribution in [0.5, 0.6) is 0 Å². The van der Waals surface area contributed by atoms with E-state index in [1.807, 2.05) is 36.6 Å². The van der Waals surface area contributed by atoms with E-state index in [0.29, 0.717) is 6.42 Å². The van der Waals surface area contributed by atoms with Crippen LogP contribution in [0, 0.1) is 5.92 Å². The van der Waals surface area contributed by atoms with Crippen molar-refractivity contribution in [3.63, 3.8) is 0 Å². The summed E-state index contributed by atoms with van der Waals surface area (Å²) in [5.41, 5.74) is 0.936. The summed E-state index contributed by atoms with van der Waals surface area (Å²) in [7, 11) is 0. The van der Waals surface area contributed by atoms with Crippen LogP contribution in [0.4, 0.5) is 0 Å². The average molecular weight is 351 g/mol. The molecule has 1 atom stereocenters. The highest BCUT2D eigenvalue weighted by molar-refractivity contribution is 7.96. The number of benzene rings is 1. The van der Waals surface area contributed by atoms with Gasteiger partial charge in [-0.25, -0.2) is 0 Å². The van der Waals surface area contributed by atoms with Gasteiger partial charge in [-0.1, -0.05) is 56.1 Å². The zero-order valence-electron chi connectivity index (χ0n) is 14.3. The van der Waals surface area contributed by atoms with Gasteiger partial charge in [-0.05, 0) is 11.8 Å². The van der Waals surface area contributed by atoms with E-state index in [4.69, 9.17) is 0 Å². The third kappa shape index (κ3) is 7.61. The minimum Gasteiger partial charge on any atom is -0.347 e. The monoisotopic (exact) mass is 351 g/mol. The molecule has 0 saturated heterocycles. The van der Waals surface area contributed by atoms with E-state index in [0.717, 1.165) is 5.56 Å². The summed E-state index contributed by atoms with van der Waals surface area (Å²) in [6.45, 7) is 3.66. The minimum absolute atomic E-state index is 0.0271. The number of hydrogen-bond acceptors (Lipinski definition) is 5. The minimum atomic E-state index is -0.719. The molecule has 0 radical (unpaired) electrons. The maximum absolute atomic E-state index is 12.4. The Balaban J connectivity index is 2.70. The number of Topliss-reactive ketones (excluding diaryl/α,β-unsaturated/α-hetero) is 1. The lowest BCUT2D eigenvalue weighted by Crippen LogP contribution is -2.50. The lowest BCUT2D eigenvalue weighted by Gasteiger charge is -2.19. The maximum atomic E-state index is 12.4. The quantitative estimate of drug-likeness (QED) is 0.546. The smallest absolute Gasteiger partial charge is 0.243 e. The second-order valence-electron chi connectivity index (χ2n) is 5.67. The Labute approximate surface area is 147 Å². The first-order valence-electron chi connectivity index (χ1n) is 7.83. The van der Waals surface area contributed by atoms with Crippen molar-refractivity contribution in [1.82, 2.24) is 15.4 Å². The van der Waals surface area contributed by atoms with Gasteiger partial charge in [-0.2, -0.15) is 0 Å². The van der Waals surface area contributed by atoms with Crippen molar-refractivity contribution in [2.45, 2.75) is 26.3 Å². The molecular weight excluding hydrogens is 326 g/mol. The summed E-state index contributed by atoms with van der Waals surface area (Å²) in [4.78, 5) is 36.0. The molecule has 0 fully saturated rings. The van der Waals surface area contributed by atoms with Crippen LogP contribution in [0.3, 0.4) is 0 Å².